The molecule has 1 aromatic heterocycles. The van der Waals surface area contributed by atoms with E-state index < -0.39 is 0 Å². The van der Waals surface area contributed by atoms with Crippen molar-refractivity contribution in [1.29, 1.82) is 0 Å². The van der Waals surface area contributed by atoms with E-state index in [1.54, 1.807) is 7.11 Å². The van der Waals surface area contributed by atoms with Crippen molar-refractivity contribution in [3.63, 3.8) is 0 Å². The zero-order chi connectivity index (χ0) is 14.4. The van der Waals surface area contributed by atoms with E-state index in [0.717, 1.165) is 16.7 Å². The van der Waals surface area contributed by atoms with Crippen LogP contribution < -0.4 is 10.6 Å². The Bertz CT molecular complexity index is 538. The number of amides is 1. The molecule has 2 N–H and O–H groups in total. The topological polar surface area (TPSA) is 63.5 Å². The fourth-order valence-corrected chi connectivity index (χ4v) is 1.96. The van der Waals surface area contributed by atoms with E-state index in [2.05, 4.69) is 10.6 Å². The van der Waals surface area contributed by atoms with Crippen molar-refractivity contribution in [2.45, 2.75) is 13.0 Å². The molecule has 1 unspecified atom stereocenters. The molecule has 0 bridgehead atoms. The minimum absolute atomic E-state index is 0. The lowest BCUT2D eigenvalue weighted by molar-refractivity contribution is -0.121. The van der Waals surface area contributed by atoms with Gasteiger partial charge in [-0.05, 0) is 19.1 Å². The predicted molar refractivity (Wildman–Crippen MR) is 84.8 cm³/mol. The minimum Gasteiger partial charge on any atom is -0.459 e. The number of halogens is 1. The third-order valence-electron chi connectivity index (χ3n) is 3.02. The van der Waals surface area contributed by atoms with Crippen molar-refractivity contribution >= 4 is 29.3 Å². The molecule has 0 radical (unpaired) electrons. The lowest BCUT2D eigenvalue weighted by atomic mass is 10.2. The normalized spacial score (nSPS) is 11.9. The molecule has 0 aliphatic heterocycles. The van der Waals surface area contributed by atoms with Crippen LogP contribution in [0.5, 0.6) is 0 Å². The molecule has 6 heteroatoms. The Morgan fingerprint density at radius 2 is 2.14 bits per heavy atom. The molecule has 0 aliphatic rings. The Kier molecular flexibility index (Phi) is 7.22. The summed E-state index contributed by atoms with van der Waals surface area (Å²) in [5.41, 5.74) is 0.835. The van der Waals surface area contributed by atoms with Crippen LogP contribution in [0.1, 0.15) is 18.7 Å². The summed E-state index contributed by atoms with van der Waals surface area (Å²) in [6.45, 7) is 3.42. The molecule has 2 aromatic rings. The van der Waals surface area contributed by atoms with E-state index >= 15 is 0 Å². The van der Waals surface area contributed by atoms with Gasteiger partial charge in [0.05, 0.1) is 19.2 Å². The minimum atomic E-state index is -0.154. The number of rotatable bonds is 7. The van der Waals surface area contributed by atoms with Gasteiger partial charge in [-0.25, -0.2) is 0 Å². The van der Waals surface area contributed by atoms with Gasteiger partial charge in [0.25, 0.3) is 0 Å². The first-order valence-corrected chi connectivity index (χ1v) is 6.68. The second-order valence-electron chi connectivity index (χ2n) is 4.65. The van der Waals surface area contributed by atoms with Crippen LogP contribution in [0.25, 0.3) is 11.0 Å². The number of carbonyl (C=O) groups is 1. The Labute approximate surface area is 130 Å². The Hall–Kier alpha value is -1.56. The number of para-hydroxylation sites is 1. The van der Waals surface area contributed by atoms with Gasteiger partial charge in [-0.3, -0.25) is 4.79 Å². The van der Waals surface area contributed by atoms with Crippen LogP contribution in [0.4, 0.5) is 0 Å². The first-order chi connectivity index (χ1) is 9.70. The van der Waals surface area contributed by atoms with Crippen molar-refractivity contribution in [2.24, 2.45) is 0 Å². The van der Waals surface area contributed by atoms with Gasteiger partial charge in [0.2, 0.25) is 5.91 Å². The highest BCUT2D eigenvalue weighted by molar-refractivity contribution is 5.85. The fraction of sp³-hybridized carbons (Fsp3) is 0.400. The maximum absolute atomic E-state index is 11.7. The number of furan rings is 1. The number of carbonyl (C=O) groups excluding carboxylic acids is 1. The largest absolute Gasteiger partial charge is 0.459 e. The zero-order valence-electron chi connectivity index (χ0n) is 12.2. The van der Waals surface area contributed by atoms with Crippen LogP contribution in [0.3, 0.4) is 0 Å². The predicted octanol–water partition coefficient (Wildman–Crippen LogP) is 2.27. The van der Waals surface area contributed by atoms with E-state index in [0.29, 0.717) is 13.2 Å². The Balaban J connectivity index is 0.00000220. The molecular weight excluding hydrogens is 292 g/mol. The zero-order valence-corrected chi connectivity index (χ0v) is 13.0. The van der Waals surface area contributed by atoms with E-state index in [1.807, 2.05) is 37.3 Å². The number of benzene rings is 1. The third-order valence-corrected chi connectivity index (χ3v) is 3.02. The molecular formula is C15H21ClN2O3. The Morgan fingerprint density at radius 1 is 1.38 bits per heavy atom. The number of nitrogens with one attached hydrogen (secondary N) is 2. The van der Waals surface area contributed by atoms with Crippen molar-refractivity contribution in [1.82, 2.24) is 10.6 Å². The molecule has 1 atom stereocenters. The number of hydrogen-bond donors (Lipinski definition) is 2. The standard InChI is InChI=1S/C15H20N2O3.ClH/c1-11(17-15(18)10-16-7-8-19-2)14-9-12-5-3-4-6-13(12)20-14;/h3-6,9,11,16H,7-8,10H2,1-2H3,(H,17,18);1H. The van der Waals surface area contributed by atoms with Crippen molar-refractivity contribution in [2.75, 3.05) is 26.8 Å². The first-order valence-electron chi connectivity index (χ1n) is 6.68. The van der Waals surface area contributed by atoms with Crippen LogP contribution in [0, 0.1) is 0 Å². The molecule has 1 amide bonds. The van der Waals surface area contributed by atoms with E-state index in [9.17, 15) is 4.79 Å². The number of ether oxygens (including phenoxy) is 1. The molecule has 0 saturated carbocycles. The van der Waals surface area contributed by atoms with Crippen LogP contribution in [-0.2, 0) is 9.53 Å². The second-order valence-corrected chi connectivity index (χ2v) is 4.65. The maximum Gasteiger partial charge on any atom is 0.234 e. The van der Waals surface area contributed by atoms with Gasteiger partial charge in [0.1, 0.15) is 11.3 Å². The van der Waals surface area contributed by atoms with Gasteiger partial charge in [-0.2, -0.15) is 0 Å². The number of methoxy groups -OCH3 is 1. The summed E-state index contributed by atoms with van der Waals surface area (Å²) in [5, 5.41) is 6.94. The highest BCUT2D eigenvalue weighted by Gasteiger charge is 2.13. The molecule has 0 aliphatic carbocycles. The molecule has 0 saturated heterocycles. The summed E-state index contributed by atoms with van der Waals surface area (Å²) in [7, 11) is 1.63. The summed E-state index contributed by atoms with van der Waals surface area (Å²) in [6.07, 6.45) is 0. The molecule has 1 heterocycles. The molecule has 21 heavy (non-hydrogen) atoms. The van der Waals surface area contributed by atoms with Crippen molar-refractivity contribution in [3.8, 4) is 0 Å². The van der Waals surface area contributed by atoms with Crippen LogP contribution in [-0.4, -0.2) is 32.7 Å². The molecule has 5 nitrogen and oxygen atoms in total. The lowest BCUT2D eigenvalue weighted by Crippen LogP contribution is -2.36. The lowest BCUT2D eigenvalue weighted by Gasteiger charge is -2.11. The summed E-state index contributed by atoms with van der Waals surface area (Å²) < 4.78 is 10.6. The van der Waals surface area contributed by atoms with Gasteiger partial charge < -0.3 is 19.8 Å². The number of hydrogen-bond acceptors (Lipinski definition) is 4. The second kappa shape index (κ2) is 8.67. The molecule has 0 spiro atoms. The van der Waals surface area contributed by atoms with Gasteiger partial charge in [0.15, 0.2) is 0 Å². The molecule has 1 aromatic carbocycles. The average Bonchev–Trinajstić information content (AvgIpc) is 2.87. The van der Waals surface area contributed by atoms with Gasteiger partial charge in [0, 0.05) is 19.0 Å². The van der Waals surface area contributed by atoms with Gasteiger partial charge in [-0.15, -0.1) is 12.4 Å². The maximum atomic E-state index is 11.7. The van der Waals surface area contributed by atoms with Crippen LogP contribution in [0.15, 0.2) is 34.7 Å². The van der Waals surface area contributed by atoms with E-state index in [-0.39, 0.29) is 30.9 Å². The summed E-state index contributed by atoms with van der Waals surface area (Å²) in [6, 6.07) is 9.60. The fourth-order valence-electron chi connectivity index (χ4n) is 1.96. The van der Waals surface area contributed by atoms with Crippen LogP contribution >= 0.6 is 12.4 Å². The highest BCUT2D eigenvalue weighted by Crippen LogP contribution is 2.23. The molecule has 0 fully saturated rings. The monoisotopic (exact) mass is 312 g/mol. The molecule has 116 valence electrons. The van der Waals surface area contributed by atoms with Crippen molar-refractivity contribution in [3.05, 3.63) is 36.1 Å². The average molecular weight is 313 g/mol. The summed E-state index contributed by atoms with van der Waals surface area (Å²) in [4.78, 5) is 11.7. The van der Waals surface area contributed by atoms with E-state index in [1.165, 1.54) is 0 Å². The van der Waals surface area contributed by atoms with Crippen LogP contribution in [0.2, 0.25) is 0 Å². The Morgan fingerprint density at radius 3 is 2.86 bits per heavy atom. The SMILES string of the molecule is COCCNCC(=O)NC(C)c1cc2ccccc2o1.Cl. The highest BCUT2D eigenvalue weighted by atomic mass is 35.5. The van der Waals surface area contributed by atoms with Gasteiger partial charge in [-0.1, -0.05) is 18.2 Å². The summed E-state index contributed by atoms with van der Waals surface area (Å²) in [5.74, 6) is 0.700. The smallest absolute Gasteiger partial charge is 0.234 e. The van der Waals surface area contributed by atoms with Crippen molar-refractivity contribution < 1.29 is 13.9 Å². The summed E-state index contributed by atoms with van der Waals surface area (Å²) >= 11 is 0. The van der Waals surface area contributed by atoms with Gasteiger partial charge >= 0.3 is 0 Å². The quantitative estimate of drug-likeness (QED) is 0.770. The number of fused-ring (bicyclic) bond motifs is 1. The first kappa shape index (κ1) is 17.5. The third kappa shape index (κ3) is 5.04. The molecule has 2 rings (SSSR count). The van der Waals surface area contributed by atoms with E-state index in [4.69, 9.17) is 9.15 Å².